The van der Waals surface area contributed by atoms with E-state index in [-0.39, 0.29) is 25.5 Å². The van der Waals surface area contributed by atoms with Gasteiger partial charge in [0.1, 0.15) is 23.9 Å². The van der Waals surface area contributed by atoms with E-state index >= 15 is 0 Å². The van der Waals surface area contributed by atoms with E-state index in [2.05, 4.69) is 5.32 Å². The highest BCUT2D eigenvalue weighted by atomic mass is 32.2. The minimum atomic E-state index is -0.626. The van der Waals surface area contributed by atoms with Crippen LogP contribution in [0.5, 0.6) is 11.5 Å². The Morgan fingerprint density at radius 3 is 2.48 bits per heavy atom. The summed E-state index contributed by atoms with van der Waals surface area (Å²) in [5, 5.41) is 5.44. The quantitative estimate of drug-likeness (QED) is 0.333. The Morgan fingerprint density at radius 2 is 1.80 bits per heavy atom. The van der Waals surface area contributed by atoms with Gasteiger partial charge in [-0.25, -0.2) is 9.79 Å². The molecule has 9 nitrogen and oxygen atoms in total. The van der Waals surface area contributed by atoms with Crippen LogP contribution in [0.15, 0.2) is 98.7 Å². The first-order chi connectivity index (χ1) is 19.5. The molecule has 1 aromatic heterocycles. The molecule has 2 aliphatic heterocycles. The van der Waals surface area contributed by atoms with Crippen LogP contribution in [-0.4, -0.2) is 36.2 Å². The number of hydrogen-bond acceptors (Lipinski definition) is 9. The highest BCUT2D eigenvalue weighted by Gasteiger charge is 2.41. The van der Waals surface area contributed by atoms with Crippen molar-refractivity contribution in [1.82, 2.24) is 10.2 Å². The number of nitrogens with zero attached hydrogens (tertiary/aromatic N) is 2. The Balaban J connectivity index is 1.47. The average Bonchev–Trinajstić information content (AvgIpc) is 3.64. The van der Waals surface area contributed by atoms with Crippen LogP contribution >= 0.6 is 11.8 Å². The van der Waals surface area contributed by atoms with Gasteiger partial charge in [-0.1, -0.05) is 42.1 Å². The number of allylic oxidation sites excluding steroid dienone is 1. The predicted octanol–water partition coefficient (Wildman–Crippen LogP) is 5.32. The Bertz CT molecular complexity index is 1460. The summed E-state index contributed by atoms with van der Waals surface area (Å²) < 4.78 is 22.2. The highest BCUT2D eigenvalue weighted by Crippen LogP contribution is 2.46. The van der Waals surface area contributed by atoms with Crippen LogP contribution in [0.3, 0.4) is 0 Å². The van der Waals surface area contributed by atoms with Gasteiger partial charge in [-0.05, 0) is 47.7 Å². The van der Waals surface area contributed by atoms with E-state index in [1.165, 1.54) is 11.8 Å². The number of amides is 1. The molecule has 0 aliphatic carbocycles. The van der Waals surface area contributed by atoms with Gasteiger partial charge < -0.3 is 28.8 Å². The summed E-state index contributed by atoms with van der Waals surface area (Å²) in [7, 11) is 3.14. The third-order valence-corrected chi connectivity index (χ3v) is 7.39. The number of nitrogens with one attached hydrogen (secondary N) is 1. The molecule has 2 aliphatic rings. The number of fused-ring (bicyclic) bond motifs is 1. The molecule has 206 valence electrons. The first-order valence-corrected chi connectivity index (χ1v) is 13.5. The number of benzene rings is 2. The third kappa shape index (κ3) is 5.91. The van der Waals surface area contributed by atoms with E-state index in [9.17, 15) is 9.59 Å². The lowest BCUT2D eigenvalue weighted by molar-refractivity contribution is -0.141. The lowest BCUT2D eigenvalue weighted by Gasteiger charge is -2.36. The Morgan fingerprint density at radius 1 is 1.05 bits per heavy atom. The van der Waals surface area contributed by atoms with Crippen LogP contribution in [0.1, 0.15) is 36.3 Å². The van der Waals surface area contributed by atoms with Crippen molar-refractivity contribution < 1.29 is 28.2 Å². The van der Waals surface area contributed by atoms with E-state index < -0.39 is 12.0 Å². The Hall–Kier alpha value is -4.44. The molecule has 40 heavy (non-hydrogen) atoms. The van der Waals surface area contributed by atoms with E-state index in [1.807, 2.05) is 52.8 Å². The zero-order valence-electron chi connectivity index (χ0n) is 22.4. The zero-order valence-corrected chi connectivity index (χ0v) is 23.2. The van der Waals surface area contributed by atoms with Crippen molar-refractivity contribution in [2.45, 2.75) is 32.5 Å². The summed E-state index contributed by atoms with van der Waals surface area (Å²) in [6.45, 7) is 2.19. The van der Waals surface area contributed by atoms with Gasteiger partial charge in [0.2, 0.25) is 5.91 Å². The Kier molecular flexibility index (Phi) is 8.26. The molecule has 0 spiro atoms. The third-order valence-electron chi connectivity index (χ3n) is 6.50. The van der Waals surface area contributed by atoms with Gasteiger partial charge in [0, 0.05) is 11.8 Å². The van der Waals surface area contributed by atoms with Crippen LogP contribution in [0.2, 0.25) is 0 Å². The molecule has 0 bridgehead atoms. The molecule has 5 rings (SSSR count). The maximum absolute atomic E-state index is 13.7. The minimum Gasteiger partial charge on any atom is -0.497 e. The molecule has 0 saturated heterocycles. The molecule has 1 amide bonds. The number of aliphatic imine (C=N–C) groups is 1. The second kappa shape index (κ2) is 12.2. The number of thioether (sulfide) groups is 1. The Labute approximate surface area is 236 Å². The van der Waals surface area contributed by atoms with E-state index in [0.717, 1.165) is 11.1 Å². The number of carbonyl (C=O) groups excluding carboxylic acids is 2. The molecule has 2 aromatic carbocycles. The maximum atomic E-state index is 13.7. The standard InChI is InChI=1S/C30H29N3O6S/c1-19-27(29(35)39-17-20-8-5-4-6-9-20)28(21-12-24(36-2)15-25(13-21)37-3)33-22(18-40-30(33)32-19)14-26(34)31-16-23-10-7-11-38-23/h4-13,15,18,28H,14,16-17H2,1-3H3,(H,31,34). The smallest absolute Gasteiger partial charge is 0.338 e. The van der Waals surface area contributed by atoms with E-state index in [4.69, 9.17) is 23.6 Å². The number of esters is 1. The van der Waals surface area contributed by atoms with Crippen molar-refractivity contribution in [1.29, 1.82) is 0 Å². The number of hydrogen-bond donors (Lipinski definition) is 1. The first-order valence-electron chi connectivity index (χ1n) is 12.6. The van der Waals surface area contributed by atoms with Gasteiger partial charge in [0.05, 0.1) is 50.8 Å². The lowest BCUT2D eigenvalue weighted by atomic mass is 9.93. The molecule has 0 radical (unpaired) electrons. The number of furan rings is 1. The topological polar surface area (TPSA) is 103 Å². The summed E-state index contributed by atoms with van der Waals surface area (Å²) in [6.07, 6.45) is 1.64. The average molecular weight is 560 g/mol. The highest BCUT2D eigenvalue weighted by molar-refractivity contribution is 8.16. The molecule has 1 unspecified atom stereocenters. The van der Waals surface area contributed by atoms with E-state index in [1.54, 1.807) is 45.6 Å². The fourth-order valence-electron chi connectivity index (χ4n) is 4.56. The zero-order chi connectivity index (χ0) is 28.1. The number of rotatable bonds is 10. The molecule has 0 saturated carbocycles. The molecular formula is C30H29N3O6S. The van der Waals surface area contributed by atoms with Crippen LogP contribution in [-0.2, 0) is 27.5 Å². The fourth-order valence-corrected chi connectivity index (χ4v) is 5.52. The van der Waals surface area contributed by atoms with Gasteiger partial charge in [-0.3, -0.25) is 4.79 Å². The maximum Gasteiger partial charge on any atom is 0.338 e. The van der Waals surface area contributed by atoms with Crippen LogP contribution in [0.25, 0.3) is 0 Å². The predicted molar refractivity (Wildman–Crippen MR) is 151 cm³/mol. The normalized spacial score (nSPS) is 16.2. The van der Waals surface area contributed by atoms with Crippen LogP contribution < -0.4 is 14.8 Å². The van der Waals surface area contributed by atoms with Crippen LogP contribution in [0.4, 0.5) is 0 Å². The minimum absolute atomic E-state index is 0.0791. The van der Waals surface area contributed by atoms with E-state index in [0.29, 0.717) is 39.4 Å². The summed E-state index contributed by atoms with van der Waals surface area (Å²) in [6, 6.07) is 17.9. The molecular weight excluding hydrogens is 530 g/mol. The largest absolute Gasteiger partial charge is 0.497 e. The monoisotopic (exact) mass is 559 g/mol. The van der Waals surface area contributed by atoms with Gasteiger partial charge in [-0.2, -0.15) is 0 Å². The summed E-state index contributed by atoms with van der Waals surface area (Å²) in [4.78, 5) is 33.3. The summed E-state index contributed by atoms with van der Waals surface area (Å²) >= 11 is 1.40. The van der Waals surface area contributed by atoms with Crippen molar-refractivity contribution in [2.24, 2.45) is 4.99 Å². The SMILES string of the molecule is COc1cc(OC)cc(C2C(C(=O)OCc3ccccc3)=C(C)N=C3SC=C(CC(=O)NCc4ccco4)N32)c1. The first kappa shape index (κ1) is 27.1. The molecule has 1 atom stereocenters. The lowest BCUT2D eigenvalue weighted by Crippen LogP contribution is -2.38. The van der Waals surface area contributed by atoms with Crippen molar-refractivity contribution in [3.63, 3.8) is 0 Å². The summed E-state index contributed by atoms with van der Waals surface area (Å²) in [5.41, 5.74) is 3.23. The second-order valence-corrected chi connectivity index (χ2v) is 9.97. The van der Waals surface area contributed by atoms with Crippen LogP contribution in [0, 0.1) is 0 Å². The number of amidine groups is 1. The number of methoxy groups -OCH3 is 2. The number of carbonyl (C=O) groups is 2. The number of ether oxygens (including phenoxy) is 3. The van der Waals surface area contributed by atoms with Gasteiger partial charge in [0.15, 0.2) is 5.17 Å². The van der Waals surface area contributed by atoms with Crippen molar-refractivity contribution in [3.05, 3.63) is 106 Å². The van der Waals surface area contributed by atoms with Gasteiger partial charge in [-0.15, -0.1) is 0 Å². The molecule has 1 N–H and O–H groups in total. The summed E-state index contributed by atoms with van der Waals surface area (Å²) in [5.74, 6) is 1.12. The van der Waals surface area contributed by atoms with Gasteiger partial charge >= 0.3 is 5.97 Å². The van der Waals surface area contributed by atoms with Crippen molar-refractivity contribution in [3.8, 4) is 11.5 Å². The second-order valence-electron chi connectivity index (χ2n) is 9.13. The molecule has 10 heteroatoms. The molecule has 3 aromatic rings. The van der Waals surface area contributed by atoms with Crippen molar-refractivity contribution in [2.75, 3.05) is 14.2 Å². The molecule has 0 fully saturated rings. The van der Waals surface area contributed by atoms with Gasteiger partial charge in [0.25, 0.3) is 0 Å². The molecule has 3 heterocycles. The fraction of sp³-hybridized carbons (Fsp3) is 0.233. The van der Waals surface area contributed by atoms with Crippen molar-refractivity contribution >= 4 is 28.8 Å².